The maximum atomic E-state index is 4.38. The number of nitrogens with zero attached hydrogens (tertiary/aromatic N) is 2. The van der Waals surface area contributed by atoms with Gasteiger partial charge in [-0.15, -0.1) is 0 Å². The summed E-state index contributed by atoms with van der Waals surface area (Å²) in [5, 5.41) is 0. The van der Waals surface area contributed by atoms with Crippen LogP contribution in [0.15, 0.2) is 17.1 Å². The Bertz CT molecular complexity index is 173. The summed E-state index contributed by atoms with van der Waals surface area (Å²) < 4.78 is 0. The highest BCUT2D eigenvalue weighted by Crippen LogP contribution is 1.94. The smallest absolute Gasteiger partial charge is 0.0909 e. The van der Waals surface area contributed by atoms with E-state index in [1.165, 1.54) is 25.8 Å². The van der Waals surface area contributed by atoms with Crippen LogP contribution in [0.2, 0.25) is 0 Å². The summed E-state index contributed by atoms with van der Waals surface area (Å²) in [5.74, 6) is 0. The van der Waals surface area contributed by atoms with Crippen molar-refractivity contribution in [1.29, 1.82) is 0 Å². The van der Waals surface area contributed by atoms with Crippen LogP contribution in [-0.4, -0.2) is 30.9 Å². The lowest BCUT2D eigenvalue weighted by atomic mass is 10.3. The van der Waals surface area contributed by atoms with E-state index in [9.17, 15) is 0 Å². The first-order valence-electron chi connectivity index (χ1n) is 6.22. The van der Waals surface area contributed by atoms with Crippen LogP contribution in [0, 0.1) is 0 Å². The number of unbranched alkanes of at least 4 members (excludes halogenated alkanes) is 2. The zero-order valence-electron chi connectivity index (χ0n) is 10.6. The van der Waals surface area contributed by atoms with Crippen LogP contribution >= 0.6 is 0 Å². The number of hydrogen-bond donors (Lipinski definition) is 0. The summed E-state index contributed by atoms with van der Waals surface area (Å²) in [6.07, 6.45) is 11.0. The average molecular weight is 210 g/mol. The zero-order valence-corrected chi connectivity index (χ0v) is 10.6. The molecule has 0 aliphatic carbocycles. The molecule has 15 heavy (non-hydrogen) atoms. The third kappa shape index (κ3) is 9.67. The first-order valence-corrected chi connectivity index (χ1v) is 6.22. The van der Waals surface area contributed by atoms with Gasteiger partial charge in [0, 0.05) is 6.21 Å². The second-order valence-electron chi connectivity index (χ2n) is 3.75. The molecular weight excluding hydrogens is 184 g/mol. The molecule has 2 nitrogen and oxygen atoms in total. The fraction of sp³-hybridized carbons (Fsp3) is 0.769. The van der Waals surface area contributed by atoms with E-state index in [0.29, 0.717) is 0 Å². The highest BCUT2D eigenvalue weighted by Gasteiger charge is 1.97. The lowest BCUT2D eigenvalue weighted by Crippen LogP contribution is -2.24. The molecule has 0 aromatic rings. The van der Waals surface area contributed by atoms with Gasteiger partial charge in [-0.1, -0.05) is 39.7 Å². The third-order valence-corrected chi connectivity index (χ3v) is 2.34. The summed E-state index contributed by atoms with van der Waals surface area (Å²) in [6.45, 7) is 9.71. The highest BCUT2D eigenvalue weighted by molar-refractivity contribution is 5.70. The Morgan fingerprint density at radius 2 is 1.93 bits per heavy atom. The van der Waals surface area contributed by atoms with Crippen molar-refractivity contribution in [3.8, 4) is 0 Å². The molecule has 0 fully saturated rings. The molecule has 0 bridgehead atoms. The molecule has 88 valence electrons. The number of allylic oxidation sites excluding steroid dienone is 2. The molecule has 0 N–H and O–H groups in total. The van der Waals surface area contributed by atoms with Gasteiger partial charge in [0.15, 0.2) is 0 Å². The maximum absolute atomic E-state index is 4.38. The minimum Gasteiger partial charge on any atom is -0.285 e. The largest absolute Gasteiger partial charge is 0.285 e. The summed E-state index contributed by atoms with van der Waals surface area (Å²) in [7, 11) is 0. The molecule has 0 aromatic carbocycles. The standard InChI is InChI=1S/C13H26N2/c1-4-7-9-10-11-14-13-15(6-3)12-8-5-2/h9-11H,4-8,12-13H2,1-3H3/b10-9+,14-11-. The Morgan fingerprint density at radius 1 is 1.13 bits per heavy atom. The summed E-state index contributed by atoms with van der Waals surface area (Å²) in [5.41, 5.74) is 0. The van der Waals surface area contributed by atoms with Crippen LogP contribution in [0.5, 0.6) is 0 Å². The van der Waals surface area contributed by atoms with Gasteiger partial charge in [0.05, 0.1) is 6.67 Å². The molecule has 0 aromatic heterocycles. The number of aliphatic imine (C=N–C) groups is 1. The Morgan fingerprint density at radius 3 is 2.53 bits per heavy atom. The molecule has 0 heterocycles. The van der Waals surface area contributed by atoms with Crippen molar-refractivity contribution in [1.82, 2.24) is 4.90 Å². The normalized spacial score (nSPS) is 12.3. The minimum atomic E-state index is 0.840. The first kappa shape index (κ1) is 14.4. The van der Waals surface area contributed by atoms with Crippen molar-refractivity contribution in [3.05, 3.63) is 12.2 Å². The van der Waals surface area contributed by atoms with Gasteiger partial charge in [0.25, 0.3) is 0 Å². The monoisotopic (exact) mass is 210 g/mol. The number of hydrogen-bond acceptors (Lipinski definition) is 2. The third-order valence-electron chi connectivity index (χ3n) is 2.34. The van der Waals surface area contributed by atoms with E-state index < -0.39 is 0 Å². The molecule has 0 radical (unpaired) electrons. The Balaban J connectivity index is 3.59. The van der Waals surface area contributed by atoms with E-state index in [4.69, 9.17) is 0 Å². The molecule has 2 heteroatoms. The fourth-order valence-electron chi connectivity index (χ4n) is 1.26. The first-order chi connectivity index (χ1) is 7.35. The molecule has 0 rings (SSSR count). The van der Waals surface area contributed by atoms with Crippen molar-refractivity contribution in [2.45, 2.75) is 46.5 Å². The van der Waals surface area contributed by atoms with Crippen molar-refractivity contribution >= 4 is 6.21 Å². The van der Waals surface area contributed by atoms with E-state index in [0.717, 1.165) is 19.6 Å². The molecule has 0 saturated heterocycles. The van der Waals surface area contributed by atoms with Gasteiger partial charge in [-0.25, -0.2) is 0 Å². The van der Waals surface area contributed by atoms with Crippen LogP contribution in [0.1, 0.15) is 46.5 Å². The predicted molar refractivity (Wildman–Crippen MR) is 69.6 cm³/mol. The van der Waals surface area contributed by atoms with E-state index in [1.54, 1.807) is 0 Å². The molecule has 0 amide bonds. The van der Waals surface area contributed by atoms with Crippen LogP contribution in [0.25, 0.3) is 0 Å². The summed E-state index contributed by atoms with van der Waals surface area (Å²) >= 11 is 0. The van der Waals surface area contributed by atoms with E-state index in [1.807, 2.05) is 6.21 Å². The average Bonchev–Trinajstić information content (AvgIpc) is 2.27. The molecule has 0 aliphatic heterocycles. The van der Waals surface area contributed by atoms with Gasteiger partial charge < -0.3 is 0 Å². The molecule has 0 saturated carbocycles. The minimum absolute atomic E-state index is 0.840. The molecule has 0 aliphatic rings. The molecule has 0 atom stereocenters. The van der Waals surface area contributed by atoms with Gasteiger partial charge in [-0.3, -0.25) is 9.89 Å². The van der Waals surface area contributed by atoms with Gasteiger partial charge in [0.1, 0.15) is 0 Å². The highest BCUT2D eigenvalue weighted by atomic mass is 15.2. The fourth-order valence-corrected chi connectivity index (χ4v) is 1.26. The SMILES string of the molecule is CCC/C=C/C=N\CN(CC)CCCC. The van der Waals surface area contributed by atoms with E-state index in [-0.39, 0.29) is 0 Å². The zero-order chi connectivity index (χ0) is 11.4. The van der Waals surface area contributed by atoms with Gasteiger partial charge in [-0.2, -0.15) is 0 Å². The van der Waals surface area contributed by atoms with Crippen molar-refractivity contribution in [3.63, 3.8) is 0 Å². The second-order valence-corrected chi connectivity index (χ2v) is 3.75. The molecule has 0 unspecified atom stereocenters. The molecule has 0 spiro atoms. The summed E-state index contributed by atoms with van der Waals surface area (Å²) in [4.78, 5) is 6.75. The van der Waals surface area contributed by atoms with Crippen LogP contribution in [0.4, 0.5) is 0 Å². The quantitative estimate of drug-likeness (QED) is 0.532. The van der Waals surface area contributed by atoms with Crippen LogP contribution in [-0.2, 0) is 0 Å². The van der Waals surface area contributed by atoms with Crippen molar-refractivity contribution < 1.29 is 0 Å². The number of rotatable bonds is 9. The second kappa shape index (κ2) is 11.4. The maximum Gasteiger partial charge on any atom is 0.0909 e. The topological polar surface area (TPSA) is 15.6 Å². The van der Waals surface area contributed by atoms with E-state index >= 15 is 0 Å². The van der Waals surface area contributed by atoms with Gasteiger partial charge in [-0.05, 0) is 32.0 Å². The lowest BCUT2D eigenvalue weighted by Gasteiger charge is -2.16. The van der Waals surface area contributed by atoms with Crippen LogP contribution in [0.3, 0.4) is 0 Å². The summed E-state index contributed by atoms with van der Waals surface area (Å²) in [6, 6.07) is 0. The van der Waals surface area contributed by atoms with Gasteiger partial charge in [0.2, 0.25) is 0 Å². The van der Waals surface area contributed by atoms with Crippen LogP contribution < -0.4 is 0 Å². The Hall–Kier alpha value is -0.630. The van der Waals surface area contributed by atoms with E-state index in [2.05, 4.69) is 42.8 Å². The Kier molecular flexibility index (Phi) is 11.0. The molecular formula is C13H26N2. The predicted octanol–water partition coefficient (Wildman–Crippen LogP) is 3.49. The Labute approximate surface area is 95.1 Å². The van der Waals surface area contributed by atoms with Crippen molar-refractivity contribution in [2.24, 2.45) is 4.99 Å². The van der Waals surface area contributed by atoms with Crippen molar-refractivity contribution in [2.75, 3.05) is 19.8 Å². The van der Waals surface area contributed by atoms with Gasteiger partial charge >= 0.3 is 0 Å². The lowest BCUT2D eigenvalue weighted by molar-refractivity contribution is 0.293.